The summed E-state index contributed by atoms with van der Waals surface area (Å²) >= 11 is 5.92. The Morgan fingerprint density at radius 1 is 1.28 bits per heavy atom. The Labute approximate surface area is 113 Å². The number of para-hydroxylation sites is 1. The summed E-state index contributed by atoms with van der Waals surface area (Å²) < 4.78 is 5.41. The number of rotatable bonds is 9. The standard InChI is InChI=1S/C13H20ClNO3/c14-12-5-1-2-6-13(12)18-10-11(17)9-15-7-3-4-8-16/h1-2,5-6,11,15-17H,3-4,7-10H2. The number of halogens is 1. The van der Waals surface area contributed by atoms with E-state index in [1.165, 1.54) is 0 Å². The highest BCUT2D eigenvalue weighted by molar-refractivity contribution is 6.32. The van der Waals surface area contributed by atoms with Gasteiger partial charge in [-0.05, 0) is 31.5 Å². The van der Waals surface area contributed by atoms with Crippen molar-refractivity contribution < 1.29 is 14.9 Å². The summed E-state index contributed by atoms with van der Waals surface area (Å²) in [7, 11) is 0. The Hall–Kier alpha value is -0.810. The predicted molar refractivity (Wildman–Crippen MR) is 72.1 cm³/mol. The van der Waals surface area contributed by atoms with E-state index >= 15 is 0 Å². The number of hydrogen-bond donors (Lipinski definition) is 3. The molecular weight excluding hydrogens is 254 g/mol. The van der Waals surface area contributed by atoms with E-state index in [1.807, 2.05) is 12.1 Å². The van der Waals surface area contributed by atoms with E-state index in [0.29, 0.717) is 17.3 Å². The van der Waals surface area contributed by atoms with Gasteiger partial charge >= 0.3 is 0 Å². The molecule has 0 amide bonds. The van der Waals surface area contributed by atoms with Crippen molar-refractivity contribution in [1.29, 1.82) is 0 Å². The van der Waals surface area contributed by atoms with E-state index in [4.69, 9.17) is 21.4 Å². The Bertz CT molecular complexity index is 336. The second-order valence-corrected chi connectivity index (χ2v) is 4.44. The molecule has 5 heteroatoms. The lowest BCUT2D eigenvalue weighted by atomic mass is 10.3. The molecule has 0 saturated carbocycles. The van der Waals surface area contributed by atoms with E-state index in [9.17, 15) is 5.11 Å². The van der Waals surface area contributed by atoms with E-state index in [2.05, 4.69) is 5.32 Å². The molecule has 0 heterocycles. The third-order valence-corrected chi connectivity index (χ3v) is 2.72. The summed E-state index contributed by atoms with van der Waals surface area (Å²) in [5, 5.41) is 21.9. The first-order valence-electron chi connectivity index (χ1n) is 6.11. The quantitative estimate of drug-likeness (QED) is 0.596. The number of hydrogen-bond acceptors (Lipinski definition) is 4. The van der Waals surface area contributed by atoms with Crippen molar-refractivity contribution in [2.75, 3.05) is 26.3 Å². The molecule has 102 valence electrons. The lowest BCUT2D eigenvalue weighted by molar-refractivity contribution is 0.106. The Morgan fingerprint density at radius 3 is 2.78 bits per heavy atom. The fourth-order valence-corrected chi connectivity index (χ4v) is 1.63. The molecular formula is C13H20ClNO3. The molecule has 0 fully saturated rings. The van der Waals surface area contributed by atoms with E-state index in [-0.39, 0.29) is 13.2 Å². The van der Waals surface area contributed by atoms with Crippen LogP contribution in [0.2, 0.25) is 5.02 Å². The molecule has 1 aromatic rings. The van der Waals surface area contributed by atoms with Gasteiger partial charge in [-0.25, -0.2) is 0 Å². The highest BCUT2D eigenvalue weighted by Crippen LogP contribution is 2.22. The molecule has 0 radical (unpaired) electrons. The molecule has 0 aliphatic rings. The van der Waals surface area contributed by atoms with Gasteiger partial charge in [0.1, 0.15) is 18.5 Å². The molecule has 0 spiro atoms. The van der Waals surface area contributed by atoms with Gasteiger partial charge in [-0.2, -0.15) is 0 Å². The third-order valence-electron chi connectivity index (χ3n) is 2.41. The molecule has 1 atom stereocenters. The van der Waals surface area contributed by atoms with Crippen LogP contribution in [0, 0.1) is 0 Å². The zero-order valence-corrected chi connectivity index (χ0v) is 11.1. The summed E-state index contributed by atoms with van der Waals surface area (Å²) in [6.07, 6.45) is 1.10. The van der Waals surface area contributed by atoms with E-state index < -0.39 is 6.10 Å². The average Bonchev–Trinajstić information content (AvgIpc) is 2.37. The Balaban J connectivity index is 2.13. The van der Waals surface area contributed by atoms with Gasteiger partial charge in [-0.3, -0.25) is 0 Å². The number of nitrogens with one attached hydrogen (secondary N) is 1. The van der Waals surface area contributed by atoms with Crippen LogP contribution in [0.25, 0.3) is 0 Å². The fraction of sp³-hybridized carbons (Fsp3) is 0.538. The monoisotopic (exact) mass is 273 g/mol. The lowest BCUT2D eigenvalue weighted by Gasteiger charge is -2.13. The molecule has 1 aromatic carbocycles. The van der Waals surface area contributed by atoms with Crippen molar-refractivity contribution in [2.24, 2.45) is 0 Å². The van der Waals surface area contributed by atoms with Crippen LogP contribution in [0.1, 0.15) is 12.8 Å². The predicted octanol–water partition coefficient (Wildman–Crippen LogP) is 1.44. The highest BCUT2D eigenvalue weighted by Gasteiger charge is 2.06. The first-order valence-corrected chi connectivity index (χ1v) is 6.49. The summed E-state index contributed by atoms with van der Waals surface area (Å²) in [6, 6.07) is 7.18. The first kappa shape index (κ1) is 15.2. The van der Waals surface area contributed by atoms with Gasteiger partial charge < -0.3 is 20.3 Å². The molecule has 1 rings (SSSR count). The average molecular weight is 274 g/mol. The van der Waals surface area contributed by atoms with Crippen molar-refractivity contribution >= 4 is 11.6 Å². The topological polar surface area (TPSA) is 61.7 Å². The zero-order valence-electron chi connectivity index (χ0n) is 10.3. The van der Waals surface area contributed by atoms with Crippen LogP contribution < -0.4 is 10.1 Å². The van der Waals surface area contributed by atoms with E-state index in [0.717, 1.165) is 19.4 Å². The van der Waals surface area contributed by atoms with Crippen molar-refractivity contribution in [3.8, 4) is 5.75 Å². The zero-order chi connectivity index (χ0) is 13.2. The number of aliphatic hydroxyl groups is 2. The minimum absolute atomic E-state index is 0.205. The molecule has 18 heavy (non-hydrogen) atoms. The summed E-state index contributed by atoms with van der Waals surface area (Å²) in [4.78, 5) is 0. The number of ether oxygens (including phenoxy) is 1. The lowest BCUT2D eigenvalue weighted by Crippen LogP contribution is -2.32. The van der Waals surface area contributed by atoms with Crippen molar-refractivity contribution in [2.45, 2.75) is 18.9 Å². The van der Waals surface area contributed by atoms with Crippen LogP contribution in [0.3, 0.4) is 0 Å². The number of benzene rings is 1. The SMILES string of the molecule is OCCCCNCC(O)COc1ccccc1Cl. The smallest absolute Gasteiger partial charge is 0.138 e. The molecule has 4 nitrogen and oxygen atoms in total. The van der Waals surface area contributed by atoms with Crippen LogP contribution >= 0.6 is 11.6 Å². The van der Waals surface area contributed by atoms with Gasteiger partial charge in [-0.15, -0.1) is 0 Å². The largest absolute Gasteiger partial charge is 0.489 e. The third kappa shape index (κ3) is 6.21. The number of unbranched alkanes of at least 4 members (excludes halogenated alkanes) is 1. The number of aliphatic hydroxyl groups excluding tert-OH is 2. The molecule has 0 aliphatic heterocycles. The van der Waals surface area contributed by atoms with Gasteiger partial charge in [0.15, 0.2) is 0 Å². The fourth-order valence-electron chi connectivity index (χ4n) is 1.44. The summed E-state index contributed by atoms with van der Waals surface area (Å²) in [6.45, 7) is 1.66. The van der Waals surface area contributed by atoms with Crippen LogP contribution in [0.5, 0.6) is 5.75 Å². The van der Waals surface area contributed by atoms with Gasteiger partial charge in [-0.1, -0.05) is 23.7 Å². The first-order chi connectivity index (χ1) is 8.74. The maximum Gasteiger partial charge on any atom is 0.138 e. The molecule has 1 unspecified atom stereocenters. The molecule has 0 saturated heterocycles. The van der Waals surface area contributed by atoms with Crippen LogP contribution in [0.4, 0.5) is 0 Å². The Morgan fingerprint density at radius 2 is 2.06 bits per heavy atom. The second-order valence-electron chi connectivity index (χ2n) is 4.03. The maximum absolute atomic E-state index is 9.68. The molecule has 0 bridgehead atoms. The second kappa shape index (κ2) is 9.16. The van der Waals surface area contributed by atoms with E-state index in [1.54, 1.807) is 12.1 Å². The summed E-state index contributed by atoms with van der Waals surface area (Å²) in [5.74, 6) is 0.582. The minimum Gasteiger partial charge on any atom is -0.489 e. The van der Waals surface area contributed by atoms with Crippen LogP contribution in [-0.4, -0.2) is 42.6 Å². The highest BCUT2D eigenvalue weighted by atomic mass is 35.5. The van der Waals surface area contributed by atoms with Gasteiger partial charge in [0.05, 0.1) is 5.02 Å². The molecule has 3 N–H and O–H groups in total. The van der Waals surface area contributed by atoms with Gasteiger partial charge in [0, 0.05) is 13.2 Å². The van der Waals surface area contributed by atoms with Gasteiger partial charge in [0.2, 0.25) is 0 Å². The Kier molecular flexibility index (Phi) is 7.76. The van der Waals surface area contributed by atoms with Crippen LogP contribution in [-0.2, 0) is 0 Å². The van der Waals surface area contributed by atoms with Crippen molar-refractivity contribution in [3.05, 3.63) is 29.3 Å². The molecule has 0 aliphatic carbocycles. The van der Waals surface area contributed by atoms with Gasteiger partial charge in [0.25, 0.3) is 0 Å². The van der Waals surface area contributed by atoms with Crippen LogP contribution in [0.15, 0.2) is 24.3 Å². The molecule has 0 aromatic heterocycles. The summed E-state index contributed by atoms with van der Waals surface area (Å²) in [5.41, 5.74) is 0. The maximum atomic E-state index is 9.68. The van der Waals surface area contributed by atoms with Crippen molar-refractivity contribution in [1.82, 2.24) is 5.32 Å². The normalized spacial score (nSPS) is 12.4. The van der Waals surface area contributed by atoms with Crippen molar-refractivity contribution in [3.63, 3.8) is 0 Å². The minimum atomic E-state index is -0.574.